The van der Waals surface area contributed by atoms with E-state index < -0.39 is 4.92 Å². The van der Waals surface area contributed by atoms with Crippen LogP contribution in [0.4, 0.5) is 11.5 Å². The molecule has 0 aliphatic rings. The number of aromatic nitrogens is 2. The Hall–Kier alpha value is -2.28. The highest BCUT2D eigenvalue weighted by Crippen LogP contribution is 2.25. The maximum absolute atomic E-state index is 10.8. The van der Waals surface area contributed by atoms with Gasteiger partial charge in [0.25, 0.3) is 5.69 Å². The van der Waals surface area contributed by atoms with Gasteiger partial charge in [0.05, 0.1) is 17.0 Å². The number of likely N-dealkylation sites (N-methyl/N-ethyl adjacent to an activating group) is 1. The number of aliphatic hydroxyl groups excluding tert-OH is 1. The molecule has 0 atom stereocenters. The summed E-state index contributed by atoms with van der Waals surface area (Å²) in [6.45, 7) is 0.381. The Bertz CT molecular complexity index is 588. The fourth-order valence-corrected chi connectivity index (χ4v) is 1.70. The number of nitrogens with zero attached hydrogens (tertiary/aromatic N) is 4. The molecule has 0 amide bonds. The summed E-state index contributed by atoms with van der Waals surface area (Å²) in [5.41, 5.74) is 0.631. The van der Waals surface area contributed by atoms with E-state index in [1.54, 1.807) is 18.0 Å². The Morgan fingerprint density at radius 3 is 2.89 bits per heavy atom. The van der Waals surface area contributed by atoms with Gasteiger partial charge >= 0.3 is 0 Å². The van der Waals surface area contributed by atoms with Crippen LogP contribution in [0.5, 0.6) is 0 Å². The number of fused-ring (bicyclic) bond motifs is 1. The molecule has 1 aromatic heterocycles. The first-order valence-corrected chi connectivity index (χ1v) is 5.34. The third-order valence-corrected chi connectivity index (χ3v) is 2.61. The topological polar surface area (TPSA) is 92.4 Å². The minimum atomic E-state index is -0.456. The van der Waals surface area contributed by atoms with Crippen LogP contribution in [0.1, 0.15) is 0 Å². The Labute approximate surface area is 103 Å². The average Bonchev–Trinajstić information content (AvgIpc) is 2.37. The van der Waals surface area contributed by atoms with Gasteiger partial charge in [-0.15, -0.1) is 0 Å². The van der Waals surface area contributed by atoms with Crippen LogP contribution in [0.15, 0.2) is 24.5 Å². The van der Waals surface area contributed by atoms with E-state index in [1.165, 1.54) is 18.5 Å². The van der Waals surface area contributed by atoms with Crippen molar-refractivity contribution < 1.29 is 10.0 Å². The molecule has 2 rings (SSSR count). The molecule has 0 unspecified atom stereocenters. The second kappa shape index (κ2) is 4.92. The molecule has 7 heteroatoms. The van der Waals surface area contributed by atoms with Crippen LogP contribution in [0.2, 0.25) is 0 Å². The van der Waals surface area contributed by atoms with E-state index >= 15 is 0 Å². The summed E-state index contributed by atoms with van der Waals surface area (Å²) in [6.07, 6.45) is 1.40. The molecule has 0 fully saturated rings. The number of nitro benzene ring substituents is 1. The van der Waals surface area contributed by atoms with Gasteiger partial charge in [-0.05, 0) is 6.07 Å². The second-order valence-electron chi connectivity index (χ2n) is 3.80. The van der Waals surface area contributed by atoms with Gasteiger partial charge in [-0.1, -0.05) is 0 Å². The van der Waals surface area contributed by atoms with E-state index in [0.717, 1.165) is 0 Å². The molecular formula is C11H12N4O3. The Morgan fingerprint density at radius 1 is 1.44 bits per heavy atom. The molecule has 0 bridgehead atoms. The smallest absolute Gasteiger partial charge is 0.270 e. The molecule has 0 aliphatic heterocycles. The van der Waals surface area contributed by atoms with Crippen molar-refractivity contribution in [3.05, 3.63) is 34.6 Å². The molecule has 94 valence electrons. The zero-order valence-electron chi connectivity index (χ0n) is 9.78. The summed E-state index contributed by atoms with van der Waals surface area (Å²) in [4.78, 5) is 20.2. The minimum absolute atomic E-state index is 0.00375. The van der Waals surface area contributed by atoms with Crippen molar-refractivity contribution in [3.63, 3.8) is 0 Å². The molecule has 1 aromatic carbocycles. The van der Waals surface area contributed by atoms with Crippen molar-refractivity contribution in [3.8, 4) is 0 Å². The molecule has 7 nitrogen and oxygen atoms in total. The molecule has 0 aliphatic carbocycles. The summed E-state index contributed by atoms with van der Waals surface area (Å²) in [5, 5.41) is 20.3. The lowest BCUT2D eigenvalue weighted by molar-refractivity contribution is -0.384. The van der Waals surface area contributed by atoms with E-state index in [-0.39, 0.29) is 12.3 Å². The largest absolute Gasteiger partial charge is 0.395 e. The van der Waals surface area contributed by atoms with Crippen molar-refractivity contribution in [1.29, 1.82) is 0 Å². The van der Waals surface area contributed by atoms with Gasteiger partial charge in [-0.3, -0.25) is 10.1 Å². The van der Waals surface area contributed by atoms with Gasteiger partial charge in [0, 0.05) is 31.1 Å². The van der Waals surface area contributed by atoms with Gasteiger partial charge in [0.1, 0.15) is 12.1 Å². The van der Waals surface area contributed by atoms with Crippen molar-refractivity contribution in [1.82, 2.24) is 9.97 Å². The van der Waals surface area contributed by atoms with Crippen molar-refractivity contribution in [2.24, 2.45) is 0 Å². The molecule has 0 saturated heterocycles. The van der Waals surface area contributed by atoms with Gasteiger partial charge in [-0.25, -0.2) is 9.97 Å². The first-order chi connectivity index (χ1) is 8.63. The predicted octanol–water partition coefficient (Wildman–Crippen LogP) is 0.966. The highest BCUT2D eigenvalue weighted by molar-refractivity contribution is 5.90. The predicted molar refractivity (Wildman–Crippen MR) is 66.5 cm³/mol. The third kappa shape index (κ3) is 2.21. The molecule has 18 heavy (non-hydrogen) atoms. The summed E-state index contributed by atoms with van der Waals surface area (Å²) in [6, 6.07) is 4.44. The number of anilines is 1. The van der Waals surface area contributed by atoms with E-state index in [9.17, 15) is 10.1 Å². The lowest BCUT2D eigenvalue weighted by Crippen LogP contribution is -2.22. The number of rotatable bonds is 4. The SMILES string of the molecule is CN(CCO)c1ncnc2ccc([N+](=O)[O-])cc12. The Balaban J connectivity index is 2.58. The maximum Gasteiger partial charge on any atom is 0.270 e. The van der Waals surface area contributed by atoms with Gasteiger partial charge in [0.15, 0.2) is 0 Å². The highest BCUT2D eigenvalue weighted by atomic mass is 16.6. The summed E-state index contributed by atoms with van der Waals surface area (Å²) >= 11 is 0. The van der Waals surface area contributed by atoms with Crippen LogP contribution >= 0.6 is 0 Å². The van der Waals surface area contributed by atoms with Crippen molar-refractivity contribution in [2.45, 2.75) is 0 Å². The van der Waals surface area contributed by atoms with Crippen molar-refractivity contribution in [2.75, 3.05) is 25.1 Å². The number of hydrogen-bond acceptors (Lipinski definition) is 6. The number of benzene rings is 1. The molecular weight excluding hydrogens is 236 g/mol. The number of hydrogen-bond donors (Lipinski definition) is 1. The van der Waals surface area contributed by atoms with Crippen LogP contribution in [-0.4, -0.2) is 40.2 Å². The summed E-state index contributed by atoms with van der Waals surface area (Å²) in [5.74, 6) is 0.567. The van der Waals surface area contributed by atoms with Crippen LogP contribution in [0.25, 0.3) is 10.9 Å². The summed E-state index contributed by atoms with van der Waals surface area (Å²) < 4.78 is 0. The fraction of sp³-hybridized carbons (Fsp3) is 0.273. The molecule has 2 aromatic rings. The number of nitro groups is 1. The van der Waals surface area contributed by atoms with E-state index in [0.29, 0.717) is 23.3 Å². The molecule has 1 heterocycles. The van der Waals surface area contributed by atoms with Crippen LogP contribution in [0.3, 0.4) is 0 Å². The minimum Gasteiger partial charge on any atom is -0.395 e. The Morgan fingerprint density at radius 2 is 2.22 bits per heavy atom. The molecule has 0 spiro atoms. The molecule has 1 N–H and O–H groups in total. The maximum atomic E-state index is 10.8. The van der Waals surface area contributed by atoms with Crippen LogP contribution < -0.4 is 4.90 Å². The zero-order valence-corrected chi connectivity index (χ0v) is 9.78. The number of non-ortho nitro benzene ring substituents is 1. The standard InChI is InChI=1S/C11H12N4O3/c1-14(4-5-16)11-9-6-8(15(17)18)2-3-10(9)12-7-13-11/h2-3,6-7,16H,4-5H2,1H3. The first kappa shape index (κ1) is 12.2. The summed E-state index contributed by atoms with van der Waals surface area (Å²) in [7, 11) is 1.76. The normalized spacial score (nSPS) is 10.6. The average molecular weight is 248 g/mol. The lowest BCUT2D eigenvalue weighted by atomic mass is 10.2. The molecule has 0 radical (unpaired) electrons. The van der Waals surface area contributed by atoms with Crippen molar-refractivity contribution >= 4 is 22.4 Å². The van der Waals surface area contributed by atoms with Gasteiger partial charge in [-0.2, -0.15) is 0 Å². The van der Waals surface area contributed by atoms with Crippen LogP contribution in [0, 0.1) is 10.1 Å². The fourth-order valence-electron chi connectivity index (χ4n) is 1.70. The second-order valence-corrected chi connectivity index (χ2v) is 3.80. The first-order valence-electron chi connectivity index (χ1n) is 5.34. The third-order valence-electron chi connectivity index (χ3n) is 2.61. The van der Waals surface area contributed by atoms with E-state index in [4.69, 9.17) is 5.11 Å². The van der Waals surface area contributed by atoms with Gasteiger partial charge in [0.2, 0.25) is 0 Å². The van der Waals surface area contributed by atoms with E-state index in [2.05, 4.69) is 9.97 Å². The van der Waals surface area contributed by atoms with E-state index in [1.807, 2.05) is 0 Å². The monoisotopic (exact) mass is 248 g/mol. The highest BCUT2D eigenvalue weighted by Gasteiger charge is 2.12. The quantitative estimate of drug-likeness (QED) is 0.640. The van der Waals surface area contributed by atoms with Gasteiger partial charge < -0.3 is 10.0 Å². The van der Waals surface area contributed by atoms with Crippen LogP contribution in [-0.2, 0) is 0 Å². The number of aliphatic hydroxyl groups is 1. The molecule has 0 saturated carbocycles. The lowest BCUT2D eigenvalue weighted by Gasteiger charge is -2.17. The Kier molecular flexibility index (Phi) is 3.33. The zero-order chi connectivity index (χ0) is 13.1.